The molecule has 1 aromatic rings. The molecule has 4 heteroatoms. The molecule has 1 rings (SSSR count). The molecule has 70 valence electrons. The first-order chi connectivity index (χ1) is 6.34. The molecule has 0 saturated carbocycles. The van der Waals surface area contributed by atoms with Crippen LogP contribution in [0.15, 0.2) is 24.5 Å². The second-order valence-electron chi connectivity index (χ2n) is 2.52. The summed E-state index contributed by atoms with van der Waals surface area (Å²) in [4.78, 5) is 19.9. The van der Waals surface area contributed by atoms with Crippen molar-refractivity contribution >= 4 is 5.91 Å². The summed E-state index contributed by atoms with van der Waals surface area (Å²) in [6, 6.07) is 3.38. The van der Waals surface area contributed by atoms with Crippen LogP contribution < -0.4 is 5.48 Å². The molecule has 1 heterocycles. The lowest BCUT2D eigenvalue weighted by Crippen LogP contribution is -2.24. The predicted octanol–water partition coefficient (Wildman–Crippen LogP) is 1.15. The molecule has 1 aromatic heterocycles. The molecule has 0 aromatic carbocycles. The third kappa shape index (κ3) is 3.21. The Bertz CT molecular complexity index is 262. The number of rotatable bonds is 4. The summed E-state index contributed by atoms with van der Waals surface area (Å²) in [6.45, 7) is 2.49. The molecule has 0 bridgehead atoms. The molecule has 0 aliphatic rings. The molecule has 0 aliphatic heterocycles. The van der Waals surface area contributed by atoms with Gasteiger partial charge in [0.1, 0.15) is 0 Å². The predicted molar refractivity (Wildman–Crippen MR) is 47.9 cm³/mol. The SMILES string of the molecule is CCCONC(=O)c1cccnc1. The summed E-state index contributed by atoms with van der Waals surface area (Å²) in [5, 5.41) is 0. The van der Waals surface area contributed by atoms with Crippen molar-refractivity contribution in [3.63, 3.8) is 0 Å². The van der Waals surface area contributed by atoms with Crippen molar-refractivity contribution in [2.45, 2.75) is 13.3 Å². The number of pyridine rings is 1. The average Bonchev–Trinajstić information content (AvgIpc) is 2.19. The summed E-state index contributed by atoms with van der Waals surface area (Å²) < 4.78 is 0. The van der Waals surface area contributed by atoms with E-state index in [1.165, 1.54) is 6.20 Å². The summed E-state index contributed by atoms with van der Waals surface area (Å²) in [5.41, 5.74) is 2.82. The van der Waals surface area contributed by atoms with Crippen LogP contribution in [0.25, 0.3) is 0 Å². The van der Waals surface area contributed by atoms with Crippen LogP contribution in [-0.2, 0) is 4.84 Å². The van der Waals surface area contributed by atoms with Gasteiger partial charge in [-0.25, -0.2) is 5.48 Å². The van der Waals surface area contributed by atoms with E-state index in [2.05, 4.69) is 10.5 Å². The molecule has 13 heavy (non-hydrogen) atoms. The van der Waals surface area contributed by atoms with Crippen molar-refractivity contribution in [1.29, 1.82) is 0 Å². The van der Waals surface area contributed by atoms with E-state index in [0.29, 0.717) is 12.2 Å². The van der Waals surface area contributed by atoms with Crippen molar-refractivity contribution in [3.8, 4) is 0 Å². The number of nitrogens with one attached hydrogen (secondary N) is 1. The molecule has 0 unspecified atom stereocenters. The zero-order valence-electron chi connectivity index (χ0n) is 7.49. The summed E-state index contributed by atoms with van der Waals surface area (Å²) >= 11 is 0. The van der Waals surface area contributed by atoms with Crippen molar-refractivity contribution in [3.05, 3.63) is 30.1 Å². The van der Waals surface area contributed by atoms with E-state index in [-0.39, 0.29) is 5.91 Å². The van der Waals surface area contributed by atoms with Gasteiger partial charge in [0.25, 0.3) is 5.91 Å². The monoisotopic (exact) mass is 180 g/mol. The van der Waals surface area contributed by atoms with E-state index in [9.17, 15) is 4.79 Å². The van der Waals surface area contributed by atoms with Crippen LogP contribution in [0.4, 0.5) is 0 Å². The largest absolute Gasteiger partial charge is 0.276 e. The van der Waals surface area contributed by atoms with E-state index < -0.39 is 0 Å². The van der Waals surface area contributed by atoms with Crippen molar-refractivity contribution in [2.75, 3.05) is 6.61 Å². The second kappa shape index (κ2) is 5.27. The van der Waals surface area contributed by atoms with E-state index >= 15 is 0 Å². The van der Waals surface area contributed by atoms with Gasteiger partial charge in [-0.15, -0.1) is 0 Å². The highest BCUT2D eigenvalue weighted by Crippen LogP contribution is 1.94. The number of carbonyl (C=O) groups excluding carboxylic acids is 1. The fraction of sp³-hybridized carbons (Fsp3) is 0.333. The Kier molecular flexibility index (Phi) is 3.92. The number of aromatic nitrogens is 1. The van der Waals surface area contributed by atoms with E-state index in [1.807, 2.05) is 6.92 Å². The maximum Gasteiger partial charge on any atom is 0.276 e. The first-order valence-corrected chi connectivity index (χ1v) is 4.16. The molecular formula is C9H12N2O2. The van der Waals surface area contributed by atoms with Crippen molar-refractivity contribution in [1.82, 2.24) is 10.5 Å². The van der Waals surface area contributed by atoms with Gasteiger partial charge < -0.3 is 0 Å². The lowest BCUT2D eigenvalue weighted by molar-refractivity contribution is 0.0315. The Morgan fingerprint density at radius 1 is 1.69 bits per heavy atom. The van der Waals surface area contributed by atoms with Gasteiger partial charge >= 0.3 is 0 Å². The molecule has 0 radical (unpaired) electrons. The Morgan fingerprint density at radius 3 is 3.15 bits per heavy atom. The van der Waals surface area contributed by atoms with Gasteiger partial charge in [-0.05, 0) is 18.6 Å². The highest BCUT2D eigenvalue weighted by atomic mass is 16.6. The van der Waals surface area contributed by atoms with Gasteiger partial charge in [0.05, 0.1) is 12.2 Å². The Labute approximate surface area is 76.9 Å². The molecule has 0 spiro atoms. The van der Waals surface area contributed by atoms with Crippen LogP contribution in [0.3, 0.4) is 0 Å². The fourth-order valence-corrected chi connectivity index (χ4v) is 0.775. The van der Waals surface area contributed by atoms with Gasteiger partial charge in [-0.3, -0.25) is 14.6 Å². The van der Waals surface area contributed by atoms with Crippen LogP contribution in [-0.4, -0.2) is 17.5 Å². The highest BCUT2D eigenvalue weighted by Gasteiger charge is 2.03. The number of nitrogens with zero attached hydrogens (tertiary/aromatic N) is 1. The zero-order valence-corrected chi connectivity index (χ0v) is 7.49. The fourth-order valence-electron chi connectivity index (χ4n) is 0.775. The number of hydrogen-bond acceptors (Lipinski definition) is 3. The minimum atomic E-state index is -0.262. The number of carbonyl (C=O) groups is 1. The standard InChI is InChI=1S/C9H12N2O2/c1-2-6-13-11-9(12)8-4-3-5-10-7-8/h3-5,7H,2,6H2,1H3,(H,11,12). The quantitative estimate of drug-likeness (QED) is 0.558. The third-order valence-electron chi connectivity index (χ3n) is 1.39. The van der Waals surface area contributed by atoms with Crippen LogP contribution in [0.2, 0.25) is 0 Å². The summed E-state index contributed by atoms with van der Waals surface area (Å²) in [6.07, 6.45) is 3.97. The topological polar surface area (TPSA) is 51.2 Å². The number of hydroxylamine groups is 1. The third-order valence-corrected chi connectivity index (χ3v) is 1.39. The maximum absolute atomic E-state index is 11.2. The Hall–Kier alpha value is -1.42. The van der Waals surface area contributed by atoms with E-state index in [0.717, 1.165) is 6.42 Å². The van der Waals surface area contributed by atoms with Crippen LogP contribution in [0.5, 0.6) is 0 Å². The Morgan fingerprint density at radius 2 is 2.54 bits per heavy atom. The summed E-state index contributed by atoms with van der Waals surface area (Å²) in [7, 11) is 0. The first-order valence-electron chi connectivity index (χ1n) is 4.16. The van der Waals surface area contributed by atoms with E-state index in [4.69, 9.17) is 4.84 Å². The smallest absolute Gasteiger partial charge is 0.273 e. The van der Waals surface area contributed by atoms with Crippen molar-refractivity contribution in [2.24, 2.45) is 0 Å². The number of hydrogen-bond donors (Lipinski definition) is 1. The molecule has 0 fully saturated rings. The van der Waals surface area contributed by atoms with Crippen LogP contribution in [0, 0.1) is 0 Å². The molecule has 0 aliphatic carbocycles. The second-order valence-corrected chi connectivity index (χ2v) is 2.52. The molecule has 0 atom stereocenters. The van der Waals surface area contributed by atoms with Crippen LogP contribution in [0.1, 0.15) is 23.7 Å². The lowest BCUT2D eigenvalue weighted by Gasteiger charge is -2.03. The molecule has 4 nitrogen and oxygen atoms in total. The first kappa shape index (κ1) is 9.67. The van der Waals surface area contributed by atoms with Gasteiger partial charge in [0, 0.05) is 12.4 Å². The zero-order chi connectivity index (χ0) is 9.52. The molecule has 1 N–H and O–H groups in total. The normalized spacial score (nSPS) is 9.62. The lowest BCUT2D eigenvalue weighted by atomic mass is 10.3. The van der Waals surface area contributed by atoms with Gasteiger partial charge in [0.2, 0.25) is 0 Å². The maximum atomic E-state index is 11.2. The Balaban J connectivity index is 2.40. The minimum absolute atomic E-state index is 0.262. The molecule has 1 amide bonds. The molecular weight excluding hydrogens is 168 g/mol. The highest BCUT2D eigenvalue weighted by molar-refractivity contribution is 5.92. The van der Waals surface area contributed by atoms with Gasteiger partial charge in [-0.1, -0.05) is 6.92 Å². The average molecular weight is 180 g/mol. The van der Waals surface area contributed by atoms with Gasteiger partial charge in [-0.2, -0.15) is 0 Å². The molecule has 0 saturated heterocycles. The van der Waals surface area contributed by atoms with Gasteiger partial charge in [0.15, 0.2) is 0 Å². The van der Waals surface area contributed by atoms with Crippen molar-refractivity contribution < 1.29 is 9.63 Å². The number of amides is 1. The minimum Gasteiger partial charge on any atom is -0.273 e. The summed E-state index contributed by atoms with van der Waals surface area (Å²) in [5.74, 6) is -0.262. The van der Waals surface area contributed by atoms with E-state index in [1.54, 1.807) is 18.3 Å². The van der Waals surface area contributed by atoms with Crippen LogP contribution >= 0.6 is 0 Å².